The van der Waals surface area contributed by atoms with Gasteiger partial charge in [0.1, 0.15) is 0 Å². The monoisotopic (exact) mass is 307 g/mol. The third-order valence-corrected chi connectivity index (χ3v) is 4.92. The van der Waals surface area contributed by atoms with Gasteiger partial charge in [0.05, 0.1) is 24.9 Å². The highest BCUT2D eigenvalue weighted by Crippen LogP contribution is 2.34. The van der Waals surface area contributed by atoms with Gasteiger partial charge in [-0.1, -0.05) is 12.1 Å². The van der Waals surface area contributed by atoms with Crippen LogP contribution in [0.2, 0.25) is 0 Å². The van der Waals surface area contributed by atoms with Crippen molar-refractivity contribution in [2.75, 3.05) is 50.0 Å². The lowest BCUT2D eigenvalue weighted by Crippen LogP contribution is -2.50. The number of fused-ring (bicyclic) bond motifs is 1. The number of rotatable bonds is 3. The molecule has 2 heterocycles. The summed E-state index contributed by atoms with van der Waals surface area (Å²) < 4.78 is 5.55. The molecule has 2 aliphatic rings. The van der Waals surface area contributed by atoms with E-state index in [-0.39, 0.29) is 12.0 Å². The van der Waals surface area contributed by atoms with E-state index >= 15 is 0 Å². The first-order valence-corrected chi connectivity index (χ1v) is 8.32. The van der Waals surface area contributed by atoms with E-state index in [1.54, 1.807) is 0 Å². The summed E-state index contributed by atoms with van der Waals surface area (Å²) in [6.07, 6.45) is 0.0516. The van der Waals surface area contributed by atoms with Crippen molar-refractivity contribution in [1.82, 2.24) is 4.90 Å². The summed E-state index contributed by atoms with van der Waals surface area (Å²) in [5.41, 5.74) is 6.70. The van der Waals surface area contributed by atoms with E-state index in [4.69, 9.17) is 10.5 Å². The molecule has 0 spiro atoms. The first kappa shape index (κ1) is 14.8. The van der Waals surface area contributed by atoms with Crippen molar-refractivity contribution >= 4 is 23.4 Å². The van der Waals surface area contributed by atoms with Crippen LogP contribution < -0.4 is 10.6 Å². The molecule has 1 unspecified atom stereocenters. The highest BCUT2D eigenvalue weighted by molar-refractivity contribution is 7.99. The van der Waals surface area contributed by atoms with E-state index in [0.29, 0.717) is 19.7 Å². The van der Waals surface area contributed by atoms with E-state index in [9.17, 15) is 4.79 Å². The average Bonchev–Trinajstić information content (AvgIpc) is 2.54. The van der Waals surface area contributed by atoms with Gasteiger partial charge in [0, 0.05) is 36.8 Å². The van der Waals surface area contributed by atoms with E-state index in [1.807, 2.05) is 34.9 Å². The highest BCUT2D eigenvalue weighted by Gasteiger charge is 2.26. The Morgan fingerprint density at radius 2 is 2.24 bits per heavy atom. The second-order valence-electron chi connectivity index (χ2n) is 5.33. The summed E-state index contributed by atoms with van der Waals surface area (Å²) in [6.45, 7) is 3.93. The predicted molar refractivity (Wildman–Crippen MR) is 84.8 cm³/mol. The summed E-state index contributed by atoms with van der Waals surface area (Å²) >= 11 is 1.82. The van der Waals surface area contributed by atoms with E-state index < -0.39 is 0 Å². The maximum Gasteiger partial charge on any atom is 0.241 e. The van der Waals surface area contributed by atoms with Gasteiger partial charge in [-0.2, -0.15) is 0 Å². The van der Waals surface area contributed by atoms with Gasteiger partial charge in [-0.3, -0.25) is 9.69 Å². The molecule has 3 rings (SSSR count). The number of hydrogen-bond donors (Lipinski definition) is 1. The molecule has 21 heavy (non-hydrogen) atoms. The lowest BCUT2D eigenvalue weighted by atomic mass is 10.2. The van der Waals surface area contributed by atoms with E-state index in [1.165, 1.54) is 4.90 Å². The number of anilines is 1. The molecular weight excluding hydrogens is 286 g/mol. The molecule has 6 heteroatoms. The lowest BCUT2D eigenvalue weighted by molar-refractivity contribution is -0.121. The number of hydrogen-bond acceptors (Lipinski definition) is 5. The predicted octanol–water partition coefficient (Wildman–Crippen LogP) is 0.785. The Morgan fingerprint density at radius 3 is 3.10 bits per heavy atom. The number of morpholine rings is 1. The number of carbonyl (C=O) groups excluding carboxylic acids is 1. The SMILES string of the molecule is NCC1CN(CC(=O)N2CCSc3ccccc32)CCO1. The number of ether oxygens (including phenoxy) is 1. The summed E-state index contributed by atoms with van der Waals surface area (Å²) in [5.74, 6) is 1.12. The molecule has 0 saturated carbocycles. The van der Waals surface area contributed by atoms with Crippen molar-refractivity contribution in [2.45, 2.75) is 11.0 Å². The van der Waals surface area contributed by atoms with Crippen LogP contribution in [0.3, 0.4) is 0 Å². The quantitative estimate of drug-likeness (QED) is 0.894. The van der Waals surface area contributed by atoms with Crippen LogP contribution in [-0.4, -0.2) is 62.0 Å². The first-order chi connectivity index (χ1) is 10.3. The Balaban J connectivity index is 1.66. The van der Waals surface area contributed by atoms with Crippen molar-refractivity contribution in [3.05, 3.63) is 24.3 Å². The smallest absolute Gasteiger partial charge is 0.241 e. The molecule has 2 aliphatic heterocycles. The number of benzene rings is 1. The molecule has 0 radical (unpaired) electrons. The van der Waals surface area contributed by atoms with Crippen LogP contribution in [0.25, 0.3) is 0 Å². The standard InChI is InChI=1S/C15H21N3O2S/c16-9-12-10-17(5-7-20-12)11-15(19)18-6-8-21-14-4-2-1-3-13(14)18/h1-4,12H,5-11,16H2. The zero-order valence-electron chi connectivity index (χ0n) is 12.0. The number of para-hydroxylation sites is 1. The van der Waals surface area contributed by atoms with Gasteiger partial charge in [-0.05, 0) is 12.1 Å². The molecule has 1 saturated heterocycles. The molecule has 1 aromatic rings. The van der Waals surface area contributed by atoms with Crippen molar-refractivity contribution < 1.29 is 9.53 Å². The number of nitrogens with two attached hydrogens (primary N) is 1. The summed E-state index contributed by atoms with van der Waals surface area (Å²) in [7, 11) is 0. The fraction of sp³-hybridized carbons (Fsp3) is 0.533. The third kappa shape index (κ3) is 3.40. The minimum atomic E-state index is 0.0516. The fourth-order valence-corrected chi connectivity index (χ4v) is 3.77. The third-order valence-electron chi connectivity index (χ3n) is 3.87. The summed E-state index contributed by atoms with van der Waals surface area (Å²) in [6, 6.07) is 8.12. The van der Waals surface area contributed by atoms with Crippen LogP contribution in [0.4, 0.5) is 5.69 Å². The Hall–Kier alpha value is -1.08. The second-order valence-corrected chi connectivity index (χ2v) is 6.46. The first-order valence-electron chi connectivity index (χ1n) is 7.34. The van der Waals surface area contributed by atoms with Crippen molar-refractivity contribution in [3.8, 4) is 0 Å². The normalized spacial score (nSPS) is 22.9. The molecule has 0 aromatic heterocycles. The van der Waals surface area contributed by atoms with Crippen molar-refractivity contribution in [1.29, 1.82) is 0 Å². The molecule has 1 aromatic carbocycles. The van der Waals surface area contributed by atoms with Crippen molar-refractivity contribution in [3.63, 3.8) is 0 Å². The number of thioether (sulfide) groups is 1. The maximum atomic E-state index is 12.6. The van der Waals surface area contributed by atoms with Gasteiger partial charge in [0.2, 0.25) is 5.91 Å². The van der Waals surface area contributed by atoms with Gasteiger partial charge in [0.15, 0.2) is 0 Å². The van der Waals surface area contributed by atoms with Crippen LogP contribution in [0.15, 0.2) is 29.2 Å². The number of carbonyl (C=O) groups is 1. The van der Waals surface area contributed by atoms with Gasteiger partial charge < -0.3 is 15.4 Å². The van der Waals surface area contributed by atoms with Gasteiger partial charge >= 0.3 is 0 Å². The van der Waals surface area contributed by atoms with E-state index in [2.05, 4.69) is 11.0 Å². The maximum absolute atomic E-state index is 12.6. The van der Waals surface area contributed by atoms with Crippen LogP contribution in [0, 0.1) is 0 Å². The van der Waals surface area contributed by atoms with Crippen LogP contribution >= 0.6 is 11.8 Å². The summed E-state index contributed by atoms with van der Waals surface area (Å²) in [4.78, 5) is 17.9. The molecule has 1 amide bonds. The van der Waals surface area contributed by atoms with Crippen LogP contribution in [0.5, 0.6) is 0 Å². The molecule has 114 valence electrons. The number of nitrogens with zero attached hydrogens (tertiary/aromatic N) is 2. The molecule has 5 nitrogen and oxygen atoms in total. The minimum Gasteiger partial charge on any atom is -0.374 e. The Kier molecular flexibility index (Phi) is 4.80. The van der Waals surface area contributed by atoms with Gasteiger partial charge in [-0.15, -0.1) is 11.8 Å². The van der Waals surface area contributed by atoms with Crippen molar-refractivity contribution in [2.24, 2.45) is 5.73 Å². The fourth-order valence-electron chi connectivity index (χ4n) is 2.77. The molecule has 0 bridgehead atoms. The summed E-state index contributed by atoms with van der Waals surface area (Å²) in [5, 5.41) is 0. The molecule has 0 aliphatic carbocycles. The lowest BCUT2D eigenvalue weighted by Gasteiger charge is -2.34. The van der Waals surface area contributed by atoms with Crippen LogP contribution in [-0.2, 0) is 9.53 Å². The van der Waals surface area contributed by atoms with Gasteiger partial charge in [0.25, 0.3) is 0 Å². The Morgan fingerprint density at radius 1 is 1.38 bits per heavy atom. The zero-order valence-corrected chi connectivity index (χ0v) is 12.8. The number of amides is 1. The Labute approximate surface area is 129 Å². The molecule has 1 atom stereocenters. The topological polar surface area (TPSA) is 58.8 Å². The molecule has 1 fully saturated rings. The minimum absolute atomic E-state index is 0.0516. The Bertz CT molecular complexity index is 511. The molecular formula is C15H21N3O2S. The van der Waals surface area contributed by atoms with Crippen LogP contribution in [0.1, 0.15) is 0 Å². The highest BCUT2D eigenvalue weighted by atomic mass is 32.2. The molecule has 2 N–H and O–H groups in total. The zero-order chi connectivity index (χ0) is 14.7. The van der Waals surface area contributed by atoms with Gasteiger partial charge in [-0.25, -0.2) is 0 Å². The largest absolute Gasteiger partial charge is 0.374 e. The second kappa shape index (κ2) is 6.79. The average molecular weight is 307 g/mol. The van der Waals surface area contributed by atoms with E-state index in [0.717, 1.165) is 31.1 Å².